The number of hydrogen-bond donors (Lipinski definition) is 0. The Morgan fingerprint density at radius 3 is 2.56 bits per heavy atom. The van der Waals surface area contributed by atoms with E-state index in [9.17, 15) is 8.42 Å². The fourth-order valence-corrected chi connectivity index (χ4v) is 3.38. The Labute approximate surface area is 113 Å². The maximum atomic E-state index is 12.3. The number of nitrogens with zero attached hydrogens (tertiary/aromatic N) is 2. The maximum Gasteiger partial charge on any atom is 0.244 e. The largest absolute Gasteiger partial charge is 0.244 e. The molecule has 1 unspecified atom stereocenters. The standard InChI is InChI=1S/C12H15ClN2O2S/c1-4-9(2)15(3)18(16,17)12-6-5-10(8-14)7-11(12)13/h5-7,9H,4H2,1-3H3. The molecule has 0 spiro atoms. The van der Waals surface area contributed by atoms with Crippen LogP contribution in [0.1, 0.15) is 25.8 Å². The van der Waals surface area contributed by atoms with Crippen molar-refractivity contribution in [3.8, 4) is 6.07 Å². The molecule has 98 valence electrons. The summed E-state index contributed by atoms with van der Waals surface area (Å²) in [6, 6.07) is 5.98. The van der Waals surface area contributed by atoms with Crippen LogP contribution in [0.4, 0.5) is 0 Å². The van der Waals surface area contributed by atoms with Gasteiger partial charge in [0.15, 0.2) is 0 Å². The molecule has 4 nitrogen and oxygen atoms in total. The second-order valence-electron chi connectivity index (χ2n) is 4.04. The molecule has 6 heteroatoms. The van der Waals surface area contributed by atoms with E-state index >= 15 is 0 Å². The van der Waals surface area contributed by atoms with Crippen molar-refractivity contribution in [1.82, 2.24) is 4.31 Å². The van der Waals surface area contributed by atoms with Crippen molar-refractivity contribution in [2.45, 2.75) is 31.2 Å². The highest BCUT2D eigenvalue weighted by Crippen LogP contribution is 2.26. The summed E-state index contributed by atoms with van der Waals surface area (Å²) in [5.74, 6) is 0. The fraction of sp³-hybridized carbons (Fsp3) is 0.417. The van der Waals surface area contributed by atoms with E-state index in [1.807, 2.05) is 19.9 Å². The van der Waals surface area contributed by atoms with E-state index in [4.69, 9.17) is 16.9 Å². The third kappa shape index (κ3) is 2.83. The van der Waals surface area contributed by atoms with E-state index in [1.165, 1.54) is 29.6 Å². The van der Waals surface area contributed by atoms with Crippen LogP contribution in [0.5, 0.6) is 0 Å². The molecular formula is C12H15ClN2O2S. The fourth-order valence-electron chi connectivity index (χ4n) is 1.43. The molecule has 0 amide bonds. The molecule has 1 rings (SSSR count). The average Bonchev–Trinajstić information content (AvgIpc) is 2.36. The second-order valence-corrected chi connectivity index (χ2v) is 6.41. The Hall–Kier alpha value is -1.09. The van der Waals surface area contributed by atoms with Crippen molar-refractivity contribution >= 4 is 21.6 Å². The summed E-state index contributed by atoms with van der Waals surface area (Å²) < 4.78 is 25.9. The predicted octanol–water partition coefficient (Wildman–Crippen LogP) is 2.63. The van der Waals surface area contributed by atoms with Crippen LogP contribution in [-0.4, -0.2) is 25.8 Å². The van der Waals surface area contributed by atoms with Gasteiger partial charge in [0, 0.05) is 13.1 Å². The Bertz CT molecular complexity index is 578. The molecule has 0 fully saturated rings. The predicted molar refractivity (Wildman–Crippen MR) is 70.9 cm³/mol. The zero-order valence-corrected chi connectivity index (χ0v) is 12.1. The van der Waals surface area contributed by atoms with Crippen LogP contribution in [0, 0.1) is 11.3 Å². The highest BCUT2D eigenvalue weighted by molar-refractivity contribution is 7.89. The van der Waals surface area contributed by atoms with Gasteiger partial charge in [0.25, 0.3) is 0 Å². The second kappa shape index (κ2) is 5.70. The van der Waals surface area contributed by atoms with E-state index in [1.54, 1.807) is 0 Å². The summed E-state index contributed by atoms with van der Waals surface area (Å²) in [6.45, 7) is 3.74. The van der Waals surface area contributed by atoms with Crippen LogP contribution in [0.3, 0.4) is 0 Å². The molecule has 0 saturated carbocycles. The number of benzene rings is 1. The highest BCUT2D eigenvalue weighted by Gasteiger charge is 2.26. The van der Waals surface area contributed by atoms with E-state index < -0.39 is 10.0 Å². The van der Waals surface area contributed by atoms with Gasteiger partial charge >= 0.3 is 0 Å². The first kappa shape index (κ1) is 15.0. The third-order valence-electron chi connectivity index (χ3n) is 2.93. The topological polar surface area (TPSA) is 61.2 Å². The summed E-state index contributed by atoms with van der Waals surface area (Å²) in [6.07, 6.45) is 0.712. The number of sulfonamides is 1. The molecule has 0 N–H and O–H groups in total. The van der Waals surface area contributed by atoms with Gasteiger partial charge in [0.1, 0.15) is 4.90 Å². The van der Waals surface area contributed by atoms with Crippen LogP contribution in [0.15, 0.2) is 23.1 Å². The molecule has 0 bridgehead atoms. The minimum Gasteiger partial charge on any atom is -0.207 e. The van der Waals surface area contributed by atoms with Crippen molar-refractivity contribution in [1.29, 1.82) is 5.26 Å². The Balaban J connectivity index is 3.26. The van der Waals surface area contributed by atoms with E-state index in [0.717, 1.165) is 0 Å². The monoisotopic (exact) mass is 286 g/mol. The smallest absolute Gasteiger partial charge is 0.207 e. The maximum absolute atomic E-state index is 12.3. The highest BCUT2D eigenvalue weighted by atomic mass is 35.5. The summed E-state index contributed by atoms with van der Waals surface area (Å²) >= 11 is 5.93. The van der Waals surface area contributed by atoms with E-state index in [0.29, 0.717) is 12.0 Å². The average molecular weight is 287 g/mol. The summed E-state index contributed by atoms with van der Waals surface area (Å²) in [5.41, 5.74) is 0.338. The normalized spacial score (nSPS) is 13.3. The molecule has 1 aromatic carbocycles. The Morgan fingerprint density at radius 2 is 2.11 bits per heavy atom. The zero-order chi connectivity index (χ0) is 13.9. The molecule has 0 aliphatic rings. The molecule has 0 aliphatic carbocycles. The van der Waals surface area contributed by atoms with Gasteiger partial charge in [0.2, 0.25) is 10.0 Å². The SMILES string of the molecule is CCC(C)N(C)S(=O)(=O)c1ccc(C#N)cc1Cl. The van der Waals surface area contributed by atoms with E-state index in [2.05, 4.69) is 0 Å². The number of halogens is 1. The van der Waals surface area contributed by atoms with Crippen LogP contribution in [0.2, 0.25) is 5.02 Å². The van der Waals surface area contributed by atoms with Gasteiger partial charge in [-0.3, -0.25) is 0 Å². The first-order valence-corrected chi connectivity index (χ1v) is 7.34. The quantitative estimate of drug-likeness (QED) is 0.855. The van der Waals surface area contributed by atoms with Gasteiger partial charge in [-0.25, -0.2) is 8.42 Å². The molecular weight excluding hydrogens is 272 g/mol. The minimum absolute atomic E-state index is 0.0333. The van der Waals surface area contributed by atoms with Crippen molar-refractivity contribution < 1.29 is 8.42 Å². The minimum atomic E-state index is -3.61. The molecule has 1 aromatic rings. The third-order valence-corrected chi connectivity index (χ3v) is 5.38. The van der Waals surface area contributed by atoms with Gasteiger partial charge in [-0.15, -0.1) is 0 Å². The van der Waals surface area contributed by atoms with Crippen molar-refractivity contribution in [2.24, 2.45) is 0 Å². The van der Waals surface area contributed by atoms with Crippen LogP contribution >= 0.6 is 11.6 Å². The molecule has 0 aliphatic heterocycles. The van der Waals surface area contributed by atoms with Gasteiger partial charge in [-0.1, -0.05) is 18.5 Å². The molecule has 0 radical (unpaired) electrons. The lowest BCUT2D eigenvalue weighted by Gasteiger charge is -2.23. The van der Waals surface area contributed by atoms with Gasteiger partial charge in [-0.2, -0.15) is 9.57 Å². The molecule has 0 saturated heterocycles. The van der Waals surface area contributed by atoms with Crippen LogP contribution in [0.25, 0.3) is 0 Å². The zero-order valence-electron chi connectivity index (χ0n) is 10.5. The number of rotatable bonds is 4. The van der Waals surface area contributed by atoms with Crippen LogP contribution < -0.4 is 0 Å². The summed E-state index contributed by atoms with van der Waals surface area (Å²) in [5, 5.41) is 8.80. The summed E-state index contributed by atoms with van der Waals surface area (Å²) in [4.78, 5) is 0.0333. The first-order valence-electron chi connectivity index (χ1n) is 5.52. The van der Waals surface area contributed by atoms with Crippen LogP contribution in [-0.2, 0) is 10.0 Å². The lowest BCUT2D eigenvalue weighted by molar-refractivity contribution is 0.380. The Kier molecular flexibility index (Phi) is 4.74. The molecule has 0 heterocycles. The van der Waals surface area contributed by atoms with Gasteiger partial charge in [0.05, 0.1) is 16.7 Å². The number of nitriles is 1. The van der Waals surface area contributed by atoms with Crippen molar-refractivity contribution in [3.05, 3.63) is 28.8 Å². The van der Waals surface area contributed by atoms with Gasteiger partial charge in [-0.05, 0) is 31.5 Å². The lowest BCUT2D eigenvalue weighted by Crippen LogP contribution is -2.34. The number of hydrogen-bond acceptors (Lipinski definition) is 3. The molecule has 0 aromatic heterocycles. The van der Waals surface area contributed by atoms with E-state index in [-0.39, 0.29) is 16.0 Å². The lowest BCUT2D eigenvalue weighted by atomic mass is 10.2. The molecule has 1 atom stereocenters. The Morgan fingerprint density at radius 1 is 1.50 bits per heavy atom. The van der Waals surface area contributed by atoms with Gasteiger partial charge < -0.3 is 0 Å². The van der Waals surface area contributed by atoms with Crippen molar-refractivity contribution in [3.63, 3.8) is 0 Å². The van der Waals surface area contributed by atoms with Crippen molar-refractivity contribution in [2.75, 3.05) is 7.05 Å². The molecule has 18 heavy (non-hydrogen) atoms. The summed E-state index contributed by atoms with van der Waals surface area (Å²) in [7, 11) is -2.09. The first-order chi connectivity index (χ1) is 8.34.